The van der Waals surface area contributed by atoms with Crippen LogP contribution in [-0.2, 0) is 9.59 Å². The molecular weight excluding hydrogens is 456 g/mol. The van der Waals surface area contributed by atoms with E-state index in [9.17, 15) is 9.59 Å². The van der Waals surface area contributed by atoms with Gasteiger partial charge in [-0.3, -0.25) is 9.59 Å². The van der Waals surface area contributed by atoms with E-state index in [4.69, 9.17) is 10.5 Å². The number of rotatable bonds is 12. The van der Waals surface area contributed by atoms with Crippen LogP contribution in [0.4, 0.5) is 10.8 Å². The number of carbonyl (C=O) groups excluding carboxylic acids is 2. The zero-order valence-electron chi connectivity index (χ0n) is 18.5. The van der Waals surface area contributed by atoms with Gasteiger partial charge in [-0.25, -0.2) is 4.98 Å². The van der Waals surface area contributed by atoms with Crippen molar-refractivity contribution in [3.8, 4) is 17.0 Å². The Hall–Kier alpha value is -3.04. The van der Waals surface area contributed by atoms with Gasteiger partial charge >= 0.3 is 0 Å². The fourth-order valence-electron chi connectivity index (χ4n) is 2.99. The summed E-state index contributed by atoms with van der Waals surface area (Å²) in [5.41, 5.74) is 8.16. The number of amides is 2. The van der Waals surface area contributed by atoms with Gasteiger partial charge in [0.1, 0.15) is 5.75 Å². The second kappa shape index (κ2) is 12.9. The van der Waals surface area contributed by atoms with Gasteiger partial charge in [0.25, 0.3) is 0 Å². The molecule has 2 amide bonds. The molecule has 0 unspecified atom stereocenters. The number of hydrogen-bond donors (Lipinski definition) is 3. The van der Waals surface area contributed by atoms with Crippen LogP contribution in [0.2, 0.25) is 0 Å². The van der Waals surface area contributed by atoms with Gasteiger partial charge in [-0.05, 0) is 61.4 Å². The molecule has 1 aromatic heterocycles. The van der Waals surface area contributed by atoms with Gasteiger partial charge in [-0.1, -0.05) is 6.42 Å². The summed E-state index contributed by atoms with van der Waals surface area (Å²) in [6.07, 6.45) is 2.90. The lowest BCUT2D eigenvalue weighted by molar-refractivity contribution is -0.118. The number of methoxy groups -OCH3 is 1. The van der Waals surface area contributed by atoms with E-state index in [0.29, 0.717) is 29.5 Å². The van der Waals surface area contributed by atoms with Crippen molar-refractivity contribution in [1.82, 2.24) is 10.3 Å². The molecule has 0 spiro atoms. The summed E-state index contributed by atoms with van der Waals surface area (Å²) in [7, 11) is 1.63. The number of carbonyl (C=O) groups is 2. The molecule has 4 N–H and O–H groups in total. The summed E-state index contributed by atoms with van der Waals surface area (Å²) in [5.74, 6) is 1.12. The molecule has 0 aliphatic carbocycles. The average molecular weight is 485 g/mol. The Bertz CT molecular complexity index is 1040. The zero-order valence-corrected chi connectivity index (χ0v) is 20.1. The standard InChI is InChI=1S/C24H28N4O3S2/c1-31-19-10-6-17(7-11-19)21-15-33-24(27-21)28-22(29)5-3-2-4-14-26-23(30)16-32-20-12-8-18(25)9-13-20/h6-13,15H,2-5,14,16,25H2,1H3,(H,26,30)(H,27,28,29). The number of ether oxygens (including phenoxy) is 1. The van der Waals surface area contributed by atoms with Crippen LogP contribution in [0.5, 0.6) is 5.75 Å². The summed E-state index contributed by atoms with van der Waals surface area (Å²) in [4.78, 5) is 29.6. The number of aromatic nitrogens is 1. The molecule has 1 heterocycles. The molecule has 3 aromatic rings. The fourth-order valence-corrected chi connectivity index (χ4v) is 4.45. The minimum Gasteiger partial charge on any atom is -0.497 e. The van der Waals surface area contributed by atoms with Gasteiger partial charge in [0, 0.05) is 34.5 Å². The number of thioether (sulfide) groups is 1. The predicted octanol–water partition coefficient (Wildman–Crippen LogP) is 4.81. The Balaban J connectivity index is 1.26. The molecule has 0 fully saturated rings. The third kappa shape index (κ3) is 8.43. The number of nitrogen functional groups attached to an aromatic ring is 1. The molecule has 0 aliphatic heterocycles. The first-order valence-electron chi connectivity index (χ1n) is 10.7. The molecule has 0 aliphatic rings. The minimum atomic E-state index is -0.0467. The Morgan fingerprint density at radius 1 is 1.03 bits per heavy atom. The Labute approximate surface area is 202 Å². The quantitative estimate of drug-likeness (QED) is 0.194. The highest BCUT2D eigenvalue weighted by molar-refractivity contribution is 8.00. The van der Waals surface area contributed by atoms with Crippen molar-refractivity contribution in [3.63, 3.8) is 0 Å². The van der Waals surface area contributed by atoms with Gasteiger partial charge < -0.3 is 21.1 Å². The van der Waals surface area contributed by atoms with Gasteiger partial charge in [-0.2, -0.15) is 0 Å². The van der Waals surface area contributed by atoms with E-state index in [1.807, 2.05) is 53.9 Å². The predicted molar refractivity (Wildman–Crippen MR) is 136 cm³/mol. The largest absolute Gasteiger partial charge is 0.497 e. The van der Waals surface area contributed by atoms with Gasteiger partial charge in [-0.15, -0.1) is 23.1 Å². The van der Waals surface area contributed by atoms with E-state index >= 15 is 0 Å². The molecule has 0 radical (unpaired) electrons. The lowest BCUT2D eigenvalue weighted by atomic mass is 10.2. The number of unbranched alkanes of at least 4 members (excludes halogenated alkanes) is 2. The van der Waals surface area contributed by atoms with Crippen molar-refractivity contribution in [2.75, 3.05) is 30.5 Å². The highest BCUT2D eigenvalue weighted by Gasteiger charge is 2.09. The summed E-state index contributed by atoms with van der Waals surface area (Å²) in [5, 5.41) is 8.30. The third-order valence-electron chi connectivity index (χ3n) is 4.79. The number of thiazole rings is 1. The summed E-state index contributed by atoms with van der Waals surface area (Å²) in [6, 6.07) is 15.1. The lowest BCUT2D eigenvalue weighted by Crippen LogP contribution is -2.26. The zero-order chi connectivity index (χ0) is 23.5. The Morgan fingerprint density at radius 3 is 2.52 bits per heavy atom. The first-order chi connectivity index (χ1) is 16.0. The van der Waals surface area contributed by atoms with E-state index in [-0.39, 0.29) is 11.8 Å². The second-order valence-corrected chi connectivity index (χ2v) is 9.24. The first kappa shape index (κ1) is 24.6. The molecule has 33 heavy (non-hydrogen) atoms. The summed E-state index contributed by atoms with van der Waals surface area (Å²) in [6.45, 7) is 0.612. The molecule has 0 atom stereocenters. The maximum atomic E-state index is 12.2. The van der Waals surface area contributed by atoms with Gasteiger partial charge in [0.2, 0.25) is 11.8 Å². The molecule has 7 nitrogen and oxygen atoms in total. The third-order valence-corrected chi connectivity index (χ3v) is 6.56. The minimum absolute atomic E-state index is 0.00556. The monoisotopic (exact) mass is 484 g/mol. The highest BCUT2D eigenvalue weighted by Crippen LogP contribution is 2.26. The van der Waals surface area contributed by atoms with Gasteiger partial charge in [0.05, 0.1) is 18.6 Å². The van der Waals surface area contributed by atoms with Crippen molar-refractivity contribution in [2.45, 2.75) is 30.6 Å². The maximum Gasteiger partial charge on any atom is 0.230 e. The molecule has 0 saturated carbocycles. The molecule has 2 aromatic carbocycles. The van der Waals surface area contributed by atoms with E-state index in [1.54, 1.807) is 7.11 Å². The fraction of sp³-hybridized carbons (Fsp3) is 0.292. The molecule has 9 heteroatoms. The van der Waals surface area contributed by atoms with Crippen molar-refractivity contribution in [2.24, 2.45) is 0 Å². The SMILES string of the molecule is COc1ccc(-c2csc(NC(=O)CCCCCNC(=O)CSc3ccc(N)cc3)n2)cc1. The van der Waals surface area contributed by atoms with Crippen LogP contribution in [-0.4, -0.2) is 36.2 Å². The Kier molecular flexibility index (Phi) is 9.59. The van der Waals surface area contributed by atoms with Crippen LogP contribution in [0.15, 0.2) is 58.8 Å². The molecule has 0 saturated heterocycles. The summed E-state index contributed by atoms with van der Waals surface area (Å²) >= 11 is 2.89. The molecular formula is C24H28N4O3S2. The van der Waals surface area contributed by atoms with Crippen molar-refractivity contribution < 1.29 is 14.3 Å². The maximum absolute atomic E-state index is 12.2. The number of hydrogen-bond acceptors (Lipinski definition) is 7. The molecule has 174 valence electrons. The Morgan fingerprint density at radius 2 is 1.79 bits per heavy atom. The molecule has 3 rings (SSSR count). The van der Waals surface area contributed by atoms with Crippen LogP contribution in [0.25, 0.3) is 11.3 Å². The number of nitrogens with two attached hydrogens (primary N) is 1. The smallest absolute Gasteiger partial charge is 0.230 e. The van der Waals surface area contributed by atoms with Crippen LogP contribution in [0.3, 0.4) is 0 Å². The van der Waals surface area contributed by atoms with E-state index in [1.165, 1.54) is 23.1 Å². The van der Waals surface area contributed by atoms with E-state index < -0.39 is 0 Å². The lowest BCUT2D eigenvalue weighted by Gasteiger charge is -2.06. The summed E-state index contributed by atoms with van der Waals surface area (Å²) < 4.78 is 5.17. The van der Waals surface area contributed by atoms with Crippen molar-refractivity contribution in [1.29, 1.82) is 0 Å². The van der Waals surface area contributed by atoms with E-state index in [0.717, 1.165) is 41.2 Å². The van der Waals surface area contributed by atoms with E-state index in [2.05, 4.69) is 15.6 Å². The number of benzene rings is 2. The van der Waals surface area contributed by atoms with Gasteiger partial charge in [0.15, 0.2) is 5.13 Å². The number of anilines is 2. The van der Waals surface area contributed by atoms with Crippen LogP contribution in [0.1, 0.15) is 25.7 Å². The normalized spacial score (nSPS) is 10.6. The van der Waals surface area contributed by atoms with Crippen LogP contribution < -0.4 is 21.1 Å². The number of nitrogens with zero attached hydrogens (tertiary/aromatic N) is 1. The average Bonchev–Trinajstić information content (AvgIpc) is 3.29. The van der Waals surface area contributed by atoms with Crippen molar-refractivity contribution >= 4 is 45.7 Å². The number of nitrogens with one attached hydrogen (secondary N) is 2. The van der Waals surface area contributed by atoms with Crippen molar-refractivity contribution in [3.05, 3.63) is 53.9 Å². The second-order valence-electron chi connectivity index (χ2n) is 7.33. The van der Waals surface area contributed by atoms with Crippen LogP contribution >= 0.6 is 23.1 Å². The topological polar surface area (TPSA) is 106 Å². The highest BCUT2D eigenvalue weighted by atomic mass is 32.2. The van der Waals surface area contributed by atoms with Crippen LogP contribution in [0, 0.1) is 0 Å². The first-order valence-corrected chi connectivity index (χ1v) is 12.5. The molecule has 0 bridgehead atoms.